The Balaban J connectivity index is 1.46. The zero-order chi connectivity index (χ0) is 24.4. The van der Waals surface area contributed by atoms with Gasteiger partial charge in [0.15, 0.2) is 0 Å². The molecule has 3 saturated carbocycles. The van der Waals surface area contributed by atoms with E-state index < -0.39 is 0 Å². The second-order valence-corrected chi connectivity index (χ2v) is 13.1. The van der Waals surface area contributed by atoms with Gasteiger partial charge in [-0.2, -0.15) is 0 Å². The maximum Gasteiger partial charge on any atom is 0.131 e. The fraction of sp³-hybridized carbons (Fsp3) is 0.697. The number of ether oxygens (including phenoxy) is 2. The molecule has 0 spiro atoms. The Kier molecular flexibility index (Phi) is 7.66. The lowest BCUT2D eigenvalue weighted by molar-refractivity contribution is 0.0884. The summed E-state index contributed by atoms with van der Waals surface area (Å²) in [7, 11) is 0. The van der Waals surface area contributed by atoms with Gasteiger partial charge in [-0.1, -0.05) is 71.2 Å². The van der Waals surface area contributed by atoms with Crippen LogP contribution >= 0.6 is 0 Å². The van der Waals surface area contributed by atoms with Crippen molar-refractivity contribution in [3.63, 3.8) is 0 Å². The summed E-state index contributed by atoms with van der Waals surface area (Å²) in [6.07, 6.45) is 17.1. The normalized spacial score (nSPS) is 28.7. The minimum atomic E-state index is 0.320. The van der Waals surface area contributed by atoms with Crippen LogP contribution in [0, 0.1) is 17.3 Å². The summed E-state index contributed by atoms with van der Waals surface area (Å²) in [6.45, 7) is 9.57. The molecule has 0 amide bonds. The molecule has 0 atom stereocenters. The SMILES string of the molecule is CC1CCC(Oc2cc(OC3CCC(C(C)(C)C)CC3)c3ccccc3c2C2CCCCC2)CC1. The predicted octanol–water partition coefficient (Wildman–Crippen LogP) is 9.83. The van der Waals surface area contributed by atoms with Crippen LogP contribution < -0.4 is 9.47 Å². The van der Waals surface area contributed by atoms with Gasteiger partial charge >= 0.3 is 0 Å². The Morgan fingerprint density at radius 3 is 1.86 bits per heavy atom. The van der Waals surface area contributed by atoms with Crippen LogP contribution in [-0.4, -0.2) is 12.2 Å². The van der Waals surface area contributed by atoms with Crippen LogP contribution in [0.5, 0.6) is 11.5 Å². The Morgan fingerprint density at radius 2 is 1.23 bits per heavy atom. The van der Waals surface area contributed by atoms with Gasteiger partial charge in [0.25, 0.3) is 0 Å². The summed E-state index contributed by atoms with van der Waals surface area (Å²) < 4.78 is 13.7. The van der Waals surface area contributed by atoms with Gasteiger partial charge < -0.3 is 9.47 Å². The van der Waals surface area contributed by atoms with Crippen molar-refractivity contribution < 1.29 is 9.47 Å². The van der Waals surface area contributed by atoms with Gasteiger partial charge in [0, 0.05) is 17.0 Å². The molecule has 0 radical (unpaired) electrons. The molecule has 3 aliphatic carbocycles. The molecule has 192 valence electrons. The summed E-state index contributed by atoms with van der Waals surface area (Å²) in [5, 5.41) is 2.66. The van der Waals surface area contributed by atoms with E-state index in [0.717, 1.165) is 36.2 Å². The summed E-state index contributed by atoms with van der Waals surface area (Å²) in [5.41, 5.74) is 1.88. The smallest absolute Gasteiger partial charge is 0.131 e. The van der Waals surface area contributed by atoms with Crippen LogP contribution in [0.3, 0.4) is 0 Å². The minimum Gasteiger partial charge on any atom is -0.490 e. The Morgan fingerprint density at radius 1 is 0.657 bits per heavy atom. The first-order chi connectivity index (χ1) is 16.9. The van der Waals surface area contributed by atoms with Crippen molar-refractivity contribution in [1.82, 2.24) is 0 Å². The van der Waals surface area contributed by atoms with Crippen LogP contribution in [-0.2, 0) is 0 Å². The number of rotatable bonds is 5. The van der Waals surface area contributed by atoms with Gasteiger partial charge in [-0.3, -0.25) is 0 Å². The fourth-order valence-corrected chi connectivity index (χ4v) is 7.10. The van der Waals surface area contributed by atoms with Gasteiger partial charge in [-0.15, -0.1) is 0 Å². The molecule has 5 rings (SSSR count). The van der Waals surface area contributed by atoms with Gasteiger partial charge in [0.1, 0.15) is 11.5 Å². The van der Waals surface area contributed by atoms with Gasteiger partial charge in [0.2, 0.25) is 0 Å². The summed E-state index contributed by atoms with van der Waals surface area (Å²) >= 11 is 0. The topological polar surface area (TPSA) is 18.5 Å². The molecule has 2 aromatic rings. The molecule has 0 N–H and O–H groups in total. The monoisotopic (exact) mass is 476 g/mol. The number of benzene rings is 2. The molecule has 0 saturated heterocycles. The maximum absolute atomic E-state index is 6.91. The molecule has 0 unspecified atom stereocenters. The van der Waals surface area contributed by atoms with Crippen molar-refractivity contribution in [3.8, 4) is 11.5 Å². The molecule has 35 heavy (non-hydrogen) atoms. The van der Waals surface area contributed by atoms with Crippen LogP contribution in [0.4, 0.5) is 0 Å². The van der Waals surface area contributed by atoms with E-state index >= 15 is 0 Å². The summed E-state index contributed by atoms with van der Waals surface area (Å²) in [4.78, 5) is 0. The Bertz CT molecular complexity index is 964. The fourth-order valence-electron chi connectivity index (χ4n) is 7.10. The third-order valence-electron chi connectivity index (χ3n) is 9.47. The third kappa shape index (κ3) is 5.83. The van der Waals surface area contributed by atoms with Crippen LogP contribution in [0.1, 0.15) is 123 Å². The molecule has 0 aromatic heterocycles. The molecule has 0 aliphatic heterocycles. The highest BCUT2D eigenvalue weighted by Gasteiger charge is 2.32. The zero-order valence-corrected chi connectivity index (χ0v) is 22.8. The molecule has 3 aliphatic rings. The zero-order valence-electron chi connectivity index (χ0n) is 22.8. The van der Waals surface area contributed by atoms with E-state index in [0.29, 0.717) is 23.5 Å². The van der Waals surface area contributed by atoms with E-state index in [-0.39, 0.29) is 0 Å². The quantitative estimate of drug-likeness (QED) is 0.427. The van der Waals surface area contributed by atoms with E-state index in [1.807, 2.05) is 0 Å². The van der Waals surface area contributed by atoms with Gasteiger partial charge in [0.05, 0.1) is 12.2 Å². The van der Waals surface area contributed by atoms with E-state index in [4.69, 9.17) is 9.47 Å². The second kappa shape index (κ2) is 10.7. The number of hydrogen-bond acceptors (Lipinski definition) is 2. The van der Waals surface area contributed by atoms with E-state index in [1.54, 1.807) is 0 Å². The molecule has 2 aromatic carbocycles. The lowest BCUT2D eigenvalue weighted by Crippen LogP contribution is -2.30. The van der Waals surface area contributed by atoms with Crippen molar-refractivity contribution in [1.29, 1.82) is 0 Å². The second-order valence-electron chi connectivity index (χ2n) is 13.1. The average Bonchev–Trinajstić information content (AvgIpc) is 2.86. The highest BCUT2D eigenvalue weighted by molar-refractivity contribution is 5.93. The largest absolute Gasteiger partial charge is 0.490 e. The minimum absolute atomic E-state index is 0.320. The van der Waals surface area contributed by atoms with E-state index in [1.165, 1.54) is 87.0 Å². The van der Waals surface area contributed by atoms with Crippen molar-refractivity contribution >= 4 is 10.8 Å². The Hall–Kier alpha value is -1.70. The lowest BCUT2D eigenvalue weighted by atomic mass is 9.72. The van der Waals surface area contributed by atoms with Crippen LogP contribution in [0.2, 0.25) is 0 Å². The number of hydrogen-bond donors (Lipinski definition) is 0. The predicted molar refractivity (Wildman–Crippen MR) is 148 cm³/mol. The summed E-state index contributed by atoms with van der Waals surface area (Å²) in [6, 6.07) is 11.3. The van der Waals surface area contributed by atoms with E-state index in [9.17, 15) is 0 Å². The van der Waals surface area contributed by atoms with Crippen LogP contribution in [0.25, 0.3) is 10.8 Å². The molecular formula is C33H48O2. The highest BCUT2D eigenvalue weighted by atomic mass is 16.5. The molecule has 2 heteroatoms. The first-order valence-electron chi connectivity index (χ1n) is 14.8. The molecule has 0 heterocycles. The first kappa shape index (κ1) is 25.0. The number of fused-ring (bicyclic) bond motifs is 1. The standard InChI is InChI=1S/C33H48O2/c1-23-14-18-26(19-15-23)35-31-22-30(34-27-20-16-25(17-21-27)33(2,3)4)28-12-8-9-13-29(28)32(31)24-10-6-5-7-11-24/h8-9,12-13,22-27H,5-7,10-11,14-21H2,1-4H3. The molecule has 0 bridgehead atoms. The van der Waals surface area contributed by atoms with Crippen molar-refractivity contribution in [2.24, 2.45) is 17.3 Å². The van der Waals surface area contributed by atoms with Crippen molar-refractivity contribution in [3.05, 3.63) is 35.9 Å². The molecule has 2 nitrogen and oxygen atoms in total. The highest BCUT2D eigenvalue weighted by Crippen LogP contribution is 2.47. The molecular weight excluding hydrogens is 428 g/mol. The molecule has 3 fully saturated rings. The van der Waals surface area contributed by atoms with Crippen molar-refractivity contribution in [2.45, 2.75) is 129 Å². The van der Waals surface area contributed by atoms with E-state index in [2.05, 4.69) is 58.0 Å². The lowest BCUT2D eigenvalue weighted by Gasteiger charge is -2.37. The maximum atomic E-state index is 6.91. The van der Waals surface area contributed by atoms with Crippen LogP contribution in [0.15, 0.2) is 30.3 Å². The first-order valence-corrected chi connectivity index (χ1v) is 14.8. The Labute approximate surface area is 214 Å². The van der Waals surface area contributed by atoms with Gasteiger partial charge in [-0.25, -0.2) is 0 Å². The van der Waals surface area contributed by atoms with Crippen molar-refractivity contribution in [2.75, 3.05) is 0 Å². The van der Waals surface area contributed by atoms with Gasteiger partial charge in [-0.05, 0) is 92.8 Å². The third-order valence-corrected chi connectivity index (χ3v) is 9.47. The summed E-state index contributed by atoms with van der Waals surface area (Å²) in [5.74, 6) is 4.45. The average molecular weight is 477 g/mol.